The number of Topliss-reactive ketones (excluding diaryl/α,β-unsaturated/α-hetero) is 1. The van der Waals surface area contributed by atoms with Gasteiger partial charge in [-0.15, -0.1) is 0 Å². The van der Waals surface area contributed by atoms with E-state index in [-0.39, 0.29) is 29.7 Å². The van der Waals surface area contributed by atoms with E-state index in [0.717, 1.165) is 13.8 Å². The molecule has 11 heteroatoms. The molecule has 226 valence electrons. The smallest absolute Gasteiger partial charge is 0.303 e. The van der Waals surface area contributed by atoms with Crippen LogP contribution in [0.5, 0.6) is 0 Å². The van der Waals surface area contributed by atoms with Gasteiger partial charge in [0.05, 0.1) is 0 Å². The fourth-order valence-corrected chi connectivity index (χ4v) is 9.09. The van der Waals surface area contributed by atoms with Crippen LogP contribution in [0, 0.1) is 28.1 Å². The molecule has 0 amide bonds. The summed E-state index contributed by atoms with van der Waals surface area (Å²) < 4.78 is 29.5. The Morgan fingerprint density at radius 3 is 1.83 bits per heavy atom. The van der Waals surface area contributed by atoms with Crippen LogP contribution in [0.3, 0.4) is 0 Å². The zero-order chi connectivity index (χ0) is 30.9. The van der Waals surface area contributed by atoms with Crippen LogP contribution < -0.4 is 0 Å². The van der Waals surface area contributed by atoms with Crippen molar-refractivity contribution in [2.24, 2.45) is 28.1 Å². The minimum Gasteiger partial charge on any atom is -0.462 e. The van der Waals surface area contributed by atoms with Crippen molar-refractivity contribution in [1.82, 2.24) is 0 Å². The Balaban J connectivity index is 2.13. The van der Waals surface area contributed by atoms with Crippen molar-refractivity contribution in [2.75, 3.05) is 0 Å². The van der Waals surface area contributed by atoms with Crippen LogP contribution in [0.15, 0.2) is 12.2 Å². The van der Waals surface area contributed by atoms with Gasteiger partial charge < -0.3 is 23.7 Å². The van der Waals surface area contributed by atoms with Crippen LogP contribution in [0.25, 0.3) is 0 Å². The van der Waals surface area contributed by atoms with Crippen molar-refractivity contribution >= 4 is 35.6 Å². The quantitative estimate of drug-likeness (QED) is 0.270. The average Bonchev–Trinajstić information content (AvgIpc) is 2.91. The molecule has 0 saturated heterocycles. The Morgan fingerprint density at radius 2 is 1.32 bits per heavy atom. The predicted molar refractivity (Wildman–Crippen MR) is 141 cm³/mol. The normalized spacial score (nSPS) is 40.4. The van der Waals surface area contributed by atoms with Gasteiger partial charge in [0.2, 0.25) is 0 Å². The van der Waals surface area contributed by atoms with Gasteiger partial charge in [-0.05, 0) is 30.6 Å². The average molecular weight is 577 g/mol. The first-order valence-corrected chi connectivity index (χ1v) is 14.0. The Morgan fingerprint density at radius 1 is 0.780 bits per heavy atom. The van der Waals surface area contributed by atoms with Gasteiger partial charge in [0.25, 0.3) is 0 Å². The molecule has 0 radical (unpaired) electrons. The highest BCUT2D eigenvalue weighted by Gasteiger charge is 2.85. The van der Waals surface area contributed by atoms with Crippen LogP contribution >= 0.6 is 0 Å². The number of rotatable bonds is 5. The van der Waals surface area contributed by atoms with E-state index in [0.29, 0.717) is 12.8 Å². The molecule has 0 aromatic rings. The van der Waals surface area contributed by atoms with E-state index < -0.39 is 82.4 Å². The van der Waals surface area contributed by atoms with E-state index in [1.807, 2.05) is 6.92 Å². The third kappa shape index (κ3) is 4.37. The number of ketones is 1. The molecule has 0 aromatic heterocycles. The topological polar surface area (TPSA) is 149 Å². The predicted octanol–water partition coefficient (Wildman–Crippen LogP) is 3.01. The highest BCUT2D eigenvalue weighted by atomic mass is 16.6. The van der Waals surface area contributed by atoms with Crippen molar-refractivity contribution in [1.29, 1.82) is 0 Å². The van der Waals surface area contributed by atoms with Crippen LogP contribution in [0.4, 0.5) is 0 Å². The minimum atomic E-state index is -1.88. The summed E-state index contributed by atoms with van der Waals surface area (Å²) in [7, 11) is 0. The fourth-order valence-electron chi connectivity index (χ4n) is 9.09. The molecule has 2 bridgehead atoms. The Kier molecular flexibility index (Phi) is 7.45. The van der Waals surface area contributed by atoms with Crippen molar-refractivity contribution in [3.8, 4) is 0 Å². The molecule has 1 spiro atoms. The van der Waals surface area contributed by atoms with Crippen LogP contribution in [-0.2, 0) is 52.5 Å². The van der Waals surface area contributed by atoms with Gasteiger partial charge in [-0.25, -0.2) is 0 Å². The fraction of sp³-hybridized carbons (Fsp3) is 0.733. The molecule has 4 aliphatic carbocycles. The second-order valence-electron chi connectivity index (χ2n) is 12.9. The molecule has 4 fully saturated rings. The maximum Gasteiger partial charge on any atom is 0.303 e. The maximum atomic E-state index is 14.7. The van der Waals surface area contributed by atoms with Crippen molar-refractivity contribution in [2.45, 2.75) is 111 Å². The van der Waals surface area contributed by atoms with Crippen molar-refractivity contribution in [3.05, 3.63) is 12.2 Å². The van der Waals surface area contributed by atoms with E-state index in [9.17, 15) is 28.8 Å². The van der Waals surface area contributed by atoms with Crippen LogP contribution in [0.1, 0.15) is 81.1 Å². The second-order valence-corrected chi connectivity index (χ2v) is 12.9. The summed E-state index contributed by atoms with van der Waals surface area (Å²) in [5.74, 6) is -5.25. The van der Waals surface area contributed by atoms with E-state index in [1.165, 1.54) is 20.8 Å². The molecule has 0 N–H and O–H groups in total. The zero-order valence-corrected chi connectivity index (χ0v) is 25.0. The van der Waals surface area contributed by atoms with Crippen LogP contribution in [-0.4, -0.2) is 65.6 Å². The van der Waals surface area contributed by atoms with E-state index >= 15 is 0 Å². The summed E-state index contributed by atoms with van der Waals surface area (Å²) in [6.07, 6.45) is -3.36. The molecule has 4 rings (SSSR count). The summed E-state index contributed by atoms with van der Waals surface area (Å²) in [5, 5.41) is 0. The van der Waals surface area contributed by atoms with Gasteiger partial charge in [-0.1, -0.05) is 27.4 Å². The third-order valence-electron chi connectivity index (χ3n) is 10.1. The first kappa shape index (κ1) is 30.7. The molecule has 0 aliphatic heterocycles. The monoisotopic (exact) mass is 576 g/mol. The zero-order valence-electron chi connectivity index (χ0n) is 25.0. The number of carbonyl (C=O) groups excluding carboxylic acids is 6. The molecule has 4 aliphatic rings. The highest BCUT2D eigenvalue weighted by molar-refractivity contribution is 6.07. The highest BCUT2D eigenvalue weighted by Crippen LogP contribution is 2.74. The first-order chi connectivity index (χ1) is 18.8. The van der Waals surface area contributed by atoms with Gasteiger partial charge in [0.1, 0.15) is 23.7 Å². The summed E-state index contributed by atoms with van der Waals surface area (Å²) in [6, 6.07) is 0. The second kappa shape index (κ2) is 9.94. The van der Waals surface area contributed by atoms with Gasteiger partial charge in [-0.3, -0.25) is 28.8 Å². The molecule has 4 saturated carbocycles. The first-order valence-electron chi connectivity index (χ1n) is 14.0. The van der Waals surface area contributed by atoms with Gasteiger partial charge in [0, 0.05) is 57.9 Å². The molecular formula is C30H40O11. The SMILES string of the molecule is C=C1C(=O)[C@]23[C@@H](OC(C)=O)[C@@]1(OC(C)=O)C[C@@H](OC(C)=O)[C@H]2[C@@]1(C)[C@H](C[C@H]3OC(C)=O)C(C)(C)CC[C@H]1OC(C)=O. The lowest BCUT2D eigenvalue weighted by atomic mass is 9.38. The molecule has 41 heavy (non-hydrogen) atoms. The number of hydrogen-bond donors (Lipinski definition) is 0. The summed E-state index contributed by atoms with van der Waals surface area (Å²) >= 11 is 0. The number of hydrogen-bond acceptors (Lipinski definition) is 11. The molecule has 0 aromatic carbocycles. The molecule has 0 heterocycles. The van der Waals surface area contributed by atoms with Gasteiger partial charge in [-0.2, -0.15) is 0 Å². The van der Waals surface area contributed by atoms with Crippen LogP contribution in [0.2, 0.25) is 0 Å². The molecule has 11 nitrogen and oxygen atoms in total. The van der Waals surface area contributed by atoms with E-state index in [4.69, 9.17) is 23.7 Å². The minimum absolute atomic E-state index is 0.142. The molecular weight excluding hydrogens is 536 g/mol. The summed E-state index contributed by atoms with van der Waals surface area (Å²) in [6.45, 7) is 16.1. The summed E-state index contributed by atoms with van der Waals surface area (Å²) in [4.78, 5) is 77.5. The Bertz CT molecular complexity index is 1220. The van der Waals surface area contributed by atoms with E-state index in [2.05, 4.69) is 20.4 Å². The lowest BCUT2D eigenvalue weighted by molar-refractivity contribution is -0.299. The van der Waals surface area contributed by atoms with Crippen molar-refractivity contribution < 1.29 is 52.5 Å². The largest absolute Gasteiger partial charge is 0.462 e. The molecule has 0 unspecified atom stereocenters. The van der Waals surface area contributed by atoms with Crippen molar-refractivity contribution in [3.63, 3.8) is 0 Å². The lowest BCUT2D eigenvalue weighted by Gasteiger charge is -2.68. The number of ether oxygens (including phenoxy) is 5. The number of fused-ring (bicyclic) bond motifs is 3. The standard InChI is InChI=1S/C30H40O11/c1-14-25(36)30-23(39-17(4)33)12-21-27(7,8)11-10-22(38-16(3)32)28(21,9)24(30)20(37-15(2)31)13-29(14,41-19(6)35)26(30)40-18(5)34/h20-24,26H,1,10-13H2,2-9H3/t20-,21-,22-,23-,24+,26+,28+,29-,30-/m1/s1. The summed E-state index contributed by atoms with van der Waals surface area (Å²) in [5.41, 5.74) is -5.30. The molecule has 9 atom stereocenters. The van der Waals surface area contributed by atoms with Gasteiger partial charge >= 0.3 is 29.8 Å². The maximum absolute atomic E-state index is 14.7. The van der Waals surface area contributed by atoms with Gasteiger partial charge in [0.15, 0.2) is 17.5 Å². The van der Waals surface area contributed by atoms with E-state index in [1.54, 1.807) is 0 Å². The third-order valence-corrected chi connectivity index (χ3v) is 10.1. The number of esters is 5. The Hall–Kier alpha value is -3.24. The lowest BCUT2D eigenvalue weighted by Crippen LogP contribution is -2.76. The number of carbonyl (C=O) groups is 6. The Labute approximate surface area is 239 Å².